The molecule has 0 saturated heterocycles. The molecule has 8 heteroatoms. The molecule has 0 aliphatic carbocycles. The zero-order valence-corrected chi connectivity index (χ0v) is 16.5. The van der Waals surface area contributed by atoms with Crippen molar-refractivity contribution < 1.29 is 9.84 Å². The maximum absolute atomic E-state index is 9.05. The molecule has 3 heterocycles. The van der Waals surface area contributed by atoms with Crippen LogP contribution in [-0.2, 0) is 13.0 Å². The Morgan fingerprint density at radius 1 is 1.26 bits per heavy atom. The fourth-order valence-corrected chi connectivity index (χ4v) is 3.65. The van der Waals surface area contributed by atoms with Gasteiger partial charge in [-0.3, -0.25) is 4.98 Å². The van der Waals surface area contributed by atoms with Crippen molar-refractivity contribution in [2.75, 3.05) is 19.5 Å². The van der Waals surface area contributed by atoms with Crippen LogP contribution in [0.4, 0.5) is 5.95 Å². The minimum atomic E-state index is 0.146. The van der Waals surface area contributed by atoms with Crippen molar-refractivity contribution >= 4 is 28.6 Å². The second kappa shape index (κ2) is 8.10. The molecule has 27 heavy (non-hydrogen) atoms. The molecule has 0 saturated carbocycles. The molecule has 3 N–H and O–H groups in total. The molecule has 0 fully saturated rings. The van der Waals surface area contributed by atoms with Gasteiger partial charge in [0.05, 0.1) is 18.3 Å². The predicted octanol–water partition coefficient (Wildman–Crippen LogP) is 3.05. The number of nitrogens with two attached hydrogens (primary N) is 1. The zero-order valence-electron chi connectivity index (χ0n) is 15.8. The van der Waals surface area contributed by atoms with Gasteiger partial charge in [0.25, 0.3) is 0 Å². The first kappa shape index (κ1) is 19.4. The van der Waals surface area contributed by atoms with E-state index in [0.29, 0.717) is 18.1 Å². The van der Waals surface area contributed by atoms with Crippen LogP contribution in [0, 0.1) is 13.8 Å². The Morgan fingerprint density at radius 2 is 2.04 bits per heavy atom. The molecule has 0 unspecified atom stereocenters. The number of nitrogen functional groups attached to an aromatic ring is 1. The Morgan fingerprint density at radius 3 is 2.74 bits per heavy atom. The van der Waals surface area contributed by atoms with Crippen LogP contribution < -0.4 is 10.5 Å². The van der Waals surface area contributed by atoms with Gasteiger partial charge in [0.15, 0.2) is 5.15 Å². The van der Waals surface area contributed by atoms with Gasteiger partial charge < -0.3 is 20.1 Å². The van der Waals surface area contributed by atoms with E-state index in [0.717, 1.165) is 52.0 Å². The fraction of sp³-hybridized carbons (Fsp3) is 0.421. The predicted molar refractivity (Wildman–Crippen MR) is 106 cm³/mol. The van der Waals surface area contributed by atoms with Crippen LogP contribution >= 0.6 is 11.6 Å². The summed E-state index contributed by atoms with van der Waals surface area (Å²) >= 11 is 6.36. The number of pyridine rings is 1. The first-order valence-corrected chi connectivity index (χ1v) is 9.24. The molecule has 7 nitrogen and oxygen atoms in total. The standard InChI is InChI=1S/C19H24ClN5O2/c1-11-9-22-14(12(2)17(11)27-3)8-13-10-25(6-4-5-7-26)16-15(13)23-19(21)24-18(16)20/h9-10,26H,4-8H2,1-3H3,(H2,21,23,24). The van der Waals surface area contributed by atoms with Gasteiger partial charge in [-0.25, -0.2) is 4.98 Å². The molecular weight excluding hydrogens is 366 g/mol. The van der Waals surface area contributed by atoms with Crippen molar-refractivity contribution in [3.8, 4) is 5.75 Å². The highest BCUT2D eigenvalue weighted by Gasteiger charge is 2.18. The summed E-state index contributed by atoms with van der Waals surface area (Å²) in [6.45, 7) is 4.86. The van der Waals surface area contributed by atoms with Gasteiger partial charge in [-0.15, -0.1) is 0 Å². The number of rotatable bonds is 7. The van der Waals surface area contributed by atoms with Gasteiger partial charge in [0, 0.05) is 48.7 Å². The lowest BCUT2D eigenvalue weighted by Crippen LogP contribution is -2.01. The van der Waals surface area contributed by atoms with E-state index < -0.39 is 0 Å². The molecule has 0 radical (unpaired) electrons. The molecular formula is C19H24ClN5O2. The third-order valence-electron chi connectivity index (χ3n) is 4.68. The van der Waals surface area contributed by atoms with E-state index in [9.17, 15) is 0 Å². The van der Waals surface area contributed by atoms with E-state index >= 15 is 0 Å². The molecule has 0 aromatic carbocycles. The largest absolute Gasteiger partial charge is 0.496 e. The number of methoxy groups -OCH3 is 1. The van der Waals surface area contributed by atoms with Gasteiger partial charge in [-0.2, -0.15) is 4.98 Å². The Kier molecular flexibility index (Phi) is 5.82. The number of anilines is 1. The van der Waals surface area contributed by atoms with Crippen LogP contribution in [-0.4, -0.2) is 38.3 Å². The minimum absolute atomic E-state index is 0.146. The number of nitrogens with zero attached hydrogens (tertiary/aromatic N) is 4. The average molecular weight is 390 g/mol. The summed E-state index contributed by atoms with van der Waals surface area (Å²) < 4.78 is 7.55. The Bertz CT molecular complexity index is 971. The second-order valence-electron chi connectivity index (χ2n) is 6.57. The first-order valence-electron chi connectivity index (χ1n) is 8.86. The van der Waals surface area contributed by atoms with Gasteiger partial charge >= 0.3 is 0 Å². The minimum Gasteiger partial charge on any atom is -0.496 e. The molecule has 0 bridgehead atoms. The number of hydrogen-bond donors (Lipinski definition) is 2. The molecule has 3 rings (SSSR count). The number of aliphatic hydroxyl groups is 1. The van der Waals surface area contributed by atoms with Gasteiger partial charge in [0.2, 0.25) is 5.95 Å². The van der Waals surface area contributed by atoms with Crippen molar-refractivity contribution in [2.24, 2.45) is 0 Å². The number of fused-ring (bicyclic) bond motifs is 1. The molecule has 144 valence electrons. The SMILES string of the molecule is COc1c(C)cnc(Cc2cn(CCCCO)c3c(Cl)nc(N)nc23)c1C. The van der Waals surface area contributed by atoms with Crippen LogP contribution in [0.15, 0.2) is 12.4 Å². The number of aryl methyl sites for hydroxylation is 2. The average Bonchev–Trinajstić information content (AvgIpc) is 2.96. The Balaban J connectivity index is 2.07. The summed E-state index contributed by atoms with van der Waals surface area (Å²) in [4.78, 5) is 13.1. The normalized spacial score (nSPS) is 11.3. The van der Waals surface area contributed by atoms with E-state index in [-0.39, 0.29) is 12.6 Å². The molecule has 0 aliphatic rings. The van der Waals surface area contributed by atoms with Crippen molar-refractivity contribution in [1.29, 1.82) is 0 Å². The smallest absolute Gasteiger partial charge is 0.222 e. The van der Waals surface area contributed by atoms with Crippen LogP contribution in [0.1, 0.15) is 35.2 Å². The Labute approximate surface area is 163 Å². The van der Waals surface area contributed by atoms with Gasteiger partial charge in [-0.1, -0.05) is 11.6 Å². The van der Waals surface area contributed by atoms with Crippen LogP contribution in [0.3, 0.4) is 0 Å². The van der Waals surface area contributed by atoms with E-state index in [1.807, 2.05) is 30.8 Å². The van der Waals surface area contributed by atoms with Crippen LogP contribution in [0.2, 0.25) is 5.15 Å². The summed E-state index contributed by atoms with van der Waals surface area (Å²) in [6.07, 6.45) is 5.97. The number of ether oxygens (including phenoxy) is 1. The number of halogens is 1. The molecule has 3 aromatic heterocycles. The summed E-state index contributed by atoms with van der Waals surface area (Å²) in [5, 5.41) is 9.39. The monoisotopic (exact) mass is 389 g/mol. The number of aromatic nitrogens is 4. The first-order chi connectivity index (χ1) is 13.0. The zero-order chi connectivity index (χ0) is 19.6. The quantitative estimate of drug-likeness (QED) is 0.476. The highest BCUT2D eigenvalue weighted by molar-refractivity contribution is 6.33. The fourth-order valence-electron chi connectivity index (χ4n) is 3.37. The highest BCUT2D eigenvalue weighted by Crippen LogP contribution is 2.30. The summed E-state index contributed by atoms with van der Waals surface area (Å²) in [7, 11) is 1.67. The lowest BCUT2D eigenvalue weighted by atomic mass is 10.1. The summed E-state index contributed by atoms with van der Waals surface area (Å²) in [5.41, 5.74) is 11.2. The summed E-state index contributed by atoms with van der Waals surface area (Å²) in [5.74, 6) is 0.992. The maximum Gasteiger partial charge on any atom is 0.222 e. The van der Waals surface area contributed by atoms with Crippen molar-refractivity contribution in [3.05, 3.63) is 39.9 Å². The summed E-state index contributed by atoms with van der Waals surface area (Å²) in [6, 6.07) is 0. The Hall–Kier alpha value is -2.38. The molecule has 0 amide bonds. The van der Waals surface area contributed by atoms with Crippen LogP contribution in [0.25, 0.3) is 11.0 Å². The molecule has 0 spiro atoms. The van der Waals surface area contributed by atoms with Crippen LogP contribution in [0.5, 0.6) is 5.75 Å². The number of aliphatic hydroxyl groups excluding tert-OH is 1. The number of unbranched alkanes of at least 4 members (excludes halogenated alkanes) is 1. The van der Waals surface area contributed by atoms with Gasteiger partial charge in [0.1, 0.15) is 11.3 Å². The molecule has 0 aliphatic heterocycles. The van der Waals surface area contributed by atoms with Gasteiger partial charge in [-0.05, 0) is 26.7 Å². The van der Waals surface area contributed by atoms with Crippen molar-refractivity contribution in [2.45, 2.75) is 39.7 Å². The lowest BCUT2D eigenvalue weighted by Gasteiger charge is -2.11. The topological polar surface area (TPSA) is 99.1 Å². The molecule has 0 atom stereocenters. The van der Waals surface area contributed by atoms with E-state index in [1.165, 1.54) is 0 Å². The van der Waals surface area contributed by atoms with E-state index in [4.69, 9.17) is 27.2 Å². The van der Waals surface area contributed by atoms with Crippen molar-refractivity contribution in [3.63, 3.8) is 0 Å². The van der Waals surface area contributed by atoms with E-state index in [2.05, 4.69) is 15.0 Å². The van der Waals surface area contributed by atoms with E-state index in [1.54, 1.807) is 7.11 Å². The number of hydrogen-bond acceptors (Lipinski definition) is 6. The second-order valence-corrected chi connectivity index (χ2v) is 6.93. The third kappa shape index (κ3) is 3.84. The third-order valence-corrected chi connectivity index (χ3v) is 4.94. The lowest BCUT2D eigenvalue weighted by molar-refractivity contribution is 0.281. The maximum atomic E-state index is 9.05. The molecule has 3 aromatic rings. The highest BCUT2D eigenvalue weighted by atomic mass is 35.5. The van der Waals surface area contributed by atoms with Crippen molar-refractivity contribution in [1.82, 2.24) is 19.5 Å².